The number of carbonyl (C=O) groups is 2. The molecule has 60 valence electrons. The Balaban J connectivity index is 3.24. The van der Waals surface area contributed by atoms with Gasteiger partial charge in [0.25, 0.3) is 0 Å². The number of rotatable bonds is 0. The Labute approximate surface area is 83.7 Å². The molecule has 0 aromatic heterocycles. The summed E-state index contributed by atoms with van der Waals surface area (Å²) in [5.74, 6) is -2.15. The number of hydrogen-bond acceptors (Lipinski definition) is 3. The first-order valence-corrected chi connectivity index (χ1v) is 4.41. The van der Waals surface area contributed by atoms with Gasteiger partial charge in [0.2, 0.25) is 15.3 Å². The van der Waals surface area contributed by atoms with Crippen molar-refractivity contribution >= 4 is 55.0 Å². The Morgan fingerprint density at radius 2 is 1.82 bits per heavy atom. The highest BCUT2D eigenvalue weighted by Crippen LogP contribution is 2.39. The van der Waals surface area contributed by atoms with E-state index in [2.05, 4.69) is 31.9 Å². The number of alkyl halides is 2. The molecule has 3 nitrogen and oxygen atoms in total. The van der Waals surface area contributed by atoms with Crippen LogP contribution in [0.4, 0.5) is 0 Å². The second-order valence-electron chi connectivity index (χ2n) is 1.90. The molecule has 0 saturated carbocycles. The number of allylic oxidation sites excluding steroid dienone is 2. The molecule has 0 radical (unpaired) electrons. The predicted octanol–water partition coefficient (Wildman–Crippen LogP) is 1.63. The monoisotopic (exact) mass is 302 g/mol. The summed E-state index contributed by atoms with van der Waals surface area (Å²) in [7, 11) is 0. The number of hydrogen-bond donors (Lipinski definition) is 1. The number of ketones is 2. The number of Topliss-reactive ketones (excluding diaryl/α,β-unsaturated/α-hetero) is 2. The van der Waals surface area contributed by atoms with Gasteiger partial charge in [-0.25, -0.2) is 0 Å². The summed E-state index contributed by atoms with van der Waals surface area (Å²) in [6.45, 7) is 0. The molecule has 1 rings (SSSR count). The molecular weight excluding hydrogens is 303 g/mol. The molecule has 0 amide bonds. The van der Waals surface area contributed by atoms with Crippen LogP contribution in [0.25, 0.3) is 0 Å². The summed E-state index contributed by atoms with van der Waals surface area (Å²) in [5.41, 5.74) is 0. The Hall–Kier alpha value is 0.130. The van der Waals surface area contributed by atoms with Gasteiger partial charge >= 0.3 is 0 Å². The first-order chi connectivity index (χ1) is 4.89. The van der Waals surface area contributed by atoms with Crippen molar-refractivity contribution in [1.29, 1.82) is 0 Å². The van der Waals surface area contributed by atoms with Crippen LogP contribution < -0.4 is 0 Å². The molecular formula is C5HBr2ClO3. The number of aliphatic hydroxyl groups excluding tert-OH is 1. The molecule has 1 aliphatic rings. The minimum absolute atomic E-state index is 0.186. The minimum atomic E-state index is -1.81. The molecule has 1 N–H and O–H groups in total. The summed E-state index contributed by atoms with van der Waals surface area (Å²) >= 11 is 10.9. The smallest absolute Gasteiger partial charge is 0.238 e. The van der Waals surface area contributed by atoms with E-state index in [1.807, 2.05) is 0 Å². The van der Waals surface area contributed by atoms with Gasteiger partial charge in [-0.15, -0.1) is 0 Å². The summed E-state index contributed by atoms with van der Waals surface area (Å²) in [4.78, 5) is 21.9. The van der Waals surface area contributed by atoms with Crippen molar-refractivity contribution in [3.8, 4) is 0 Å². The van der Waals surface area contributed by atoms with E-state index in [1.54, 1.807) is 0 Å². The Morgan fingerprint density at radius 3 is 1.91 bits per heavy atom. The van der Waals surface area contributed by atoms with Crippen LogP contribution in [0, 0.1) is 0 Å². The zero-order valence-electron chi connectivity index (χ0n) is 4.90. The molecule has 0 saturated heterocycles. The number of aliphatic hydroxyl groups is 1. The molecule has 1 atom stereocenters. The fourth-order valence-corrected chi connectivity index (χ4v) is 2.02. The van der Waals surface area contributed by atoms with Gasteiger partial charge < -0.3 is 5.11 Å². The van der Waals surface area contributed by atoms with Crippen molar-refractivity contribution in [3.63, 3.8) is 0 Å². The van der Waals surface area contributed by atoms with Gasteiger partial charge in [0, 0.05) is 0 Å². The van der Waals surface area contributed by atoms with E-state index in [-0.39, 0.29) is 4.48 Å². The molecule has 0 heterocycles. The third kappa shape index (κ3) is 1.15. The van der Waals surface area contributed by atoms with Gasteiger partial charge in [-0.1, -0.05) is 11.6 Å². The van der Waals surface area contributed by atoms with Crippen molar-refractivity contribution in [2.75, 3.05) is 0 Å². The summed E-state index contributed by atoms with van der Waals surface area (Å²) in [6, 6.07) is 0. The van der Waals surface area contributed by atoms with Crippen LogP contribution in [0.5, 0.6) is 0 Å². The lowest BCUT2D eigenvalue weighted by molar-refractivity contribution is -0.122. The van der Waals surface area contributed by atoms with E-state index in [9.17, 15) is 9.59 Å². The molecule has 1 unspecified atom stereocenters. The summed E-state index contributed by atoms with van der Waals surface area (Å²) in [5, 5.41) is 8.92. The SMILES string of the molecule is O=C1C(O)=C(Br)C(=O)C1(Cl)Br. The molecule has 6 heteroatoms. The Kier molecular flexibility index (Phi) is 2.15. The average molecular weight is 304 g/mol. The van der Waals surface area contributed by atoms with E-state index < -0.39 is 21.1 Å². The Bertz CT molecular complexity index is 255. The van der Waals surface area contributed by atoms with E-state index in [0.29, 0.717) is 0 Å². The van der Waals surface area contributed by atoms with Crippen LogP contribution in [-0.4, -0.2) is 20.5 Å². The van der Waals surface area contributed by atoms with Crippen molar-refractivity contribution in [2.24, 2.45) is 0 Å². The normalized spacial score (nSPS) is 31.9. The zero-order valence-corrected chi connectivity index (χ0v) is 8.83. The molecule has 0 aromatic rings. The number of carbonyl (C=O) groups excluding carboxylic acids is 2. The molecule has 0 spiro atoms. The molecule has 0 bridgehead atoms. The maximum Gasteiger partial charge on any atom is 0.238 e. The quantitative estimate of drug-likeness (QED) is 0.547. The van der Waals surface area contributed by atoms with Crippen LogP contribution in [0.15, 0.2) is 10.2 Å². The lowest BCUT2D eigenvalue weighted by Gasteiger charge is -2.05. The lowest BCUT2D eigenvalue weighted by atomic mass is 10.3. The largest absolute Gasteiger partial charge is 0.503 e. The van der Waals surface area contributed by atoms with Gasteiger partial charge in [-0.3, -0.25) is 9.59 Å². The fraction of sp³-hybridized carbons (Fsp3) is 0.200. The highest BCUT2D eigenvalue weighted by Gasteiger charge is 2.51. The van der Waals surface area contributed by atoms with Gasteiger partial charge in [0.05, 0.1) is 0 Å². The third-order valence-electron chi connectivity index (χ3n) is 1.19. The third-order valence-corrected chi connectivity index (χ3v) is 2.99. The van der Waals surface area contributed by atoms with Crippen LogP contribution in [-0.2, 0) is 9.59 Å². The molecule has 0 fully saturated rings. The molecule has 0 aromatic carbocycles. The summed E-state index contributed by atoms with van der Waals surface area (Å²) < 4.78 is -2.00. The highest BCUT2D eigenvalue weighted by atomic mass is 79.9. The Morgan fingerprint density at radius 1 is 1.36 bits per heavy atom. The van der Waals surface area contributed by atoms with Gasteiger partial charge in [0.15, 0.2) is 5.76 Å². The van der Waals surface area contributed by atoms with Crippen molar-refractivity contribution in [1.82, 2.24) is 0 Å². The van der Waals surface area contributed by atoms with Crippen LogP contribution in [0.3, 0.4) is 0 Å². The van der Waals surface area contributed by atoms with E-state index >= 15 is 0 Å². The van der Waals surface area contributed by atoms with Crippen molar-refractivity contribution in [2.45, 2.75) is 3.78 Å². The molecule has 0 aliphatic heterocycles. The summed E-state index contributed by atoms with van der Waals surface area (Å²) in [6.07, 6.45) is 0. The van der Waals surface area contributed by atoms with Gasteiger partial charge in [-0.2, -0.15) is 0 Å². The number of halogens is 3. The van der Waals surface area contributed by atoms with Crippen LogP contribution in [0.1, 0.15) is 0 Å². The minimum Gasteiger partial charge on any atom is -0.503 e. The average Bonchev–Trinajstić information content (AvgIpc) is 2.06. The van der Waals surface area contributed by atoms with E-state index in [0.717, 1.165) is 0 Å². The van der Waals surface area contributed by atoms with E-state index in [4.69, 9.17) is 16.7 Å². The fourth-order valence-electron chi connectivity index (χ4n) is 0.597. The van der Waals surface area contributed by atoms with Gasteiger partial charge in [0.1, 0.15) is 4.48 Å². The van der Waals surface area contributed by atoms with Crippen molar-refractivity contribution in [3.05, 3.63) is 10.2 Å². The second kappa shape index (κ2) is 2.57. The predicted molar refractivity (Wildman–Crippen MR) is 46.1 cm³/mol. The first kappa shape index (κ1) is 9.22. The van der Waals surface area contributed by atoms with Gasteiger partial charge in [-0.05, 0) is 31.9 Å². The maximum absolute atomic E-state index is 11.0. The van der Waals surface area contributed by atoms with Crippen molar-refractivity contribution < 1.29 is 14.7 Å². The topological polar surface area (TPSA) is 54.4 Å². The second-order valence-corrected chi connectivity index (χ2v) is 4.90. The molecule has 11 heavy (non-hydrogen) atoms. The van der Waals surface area contributed by atoms with Crippen LogP contribution in [0.2, 0.25) is 0 Å². The zero-order chi connectivity index (χ0) is 8.81. The maximum atomic E-state index is 11.0. The lowest BCUT2D eigenvalue weighted by Crippen LogP contribution is -2.28. The first-order valence-electron chi connectivity index (χ1n) is 2.45. The highest BCUT2D eigenvalue weighted by molar-refractivity contribution is 9.12. The van der Waals surface area contributed by atoms with E-state index in [1.165, 1.54) is 0 Å². The standard InChI is InChI=1S/C5HBr2ClO3/c6-1-2(9)4(11)5(7,8)3(1)10/h9H. The van der Waals surface area contributed by atoms with Crippen LogP contribution >= 0.6 is 43.5 Å². The molecule has 1 aliphatic carbocycles.